The van der Waals surface area contributed by atoms with E-state index >= 15 is 0 Å². The molecule has 1 aliphatic heterocycles. The number of alkyl halides is 3. The standard InChI is InChI=1S/C18H15F5N2O/c19-14-2-1-3-15(20)16(14)24-8-10-25(11-9-24)17(26)12-4-6-13(7-5-12)18(21,22)23/h1-7H,8-11H2. The average Bonchev–Trinajstić information content (AvgIpc) is 2.61. The minimum absolute atomic E-state index is 0.130. The van der Waals surface area contributed by atoms with Gasteiger partial charge < -0.3 is 9.80 Å². The molecule has 1 saturated heterocycles. The van der Waals surface area contributed by atoms with Crippen LogP contribution in [0.3, 0.4) is 0 Å². The molecule has 0 atom stereocenters. The Bertz CT molecular complexity index is 776. The molecular formula is C18H15F5N2O. The van der Waals surface area contributed by atoms with E-state index in [0.717, 1.165) is 36.4 Å². The topological polar surface area (TPSA) is 23.6 Å². The molecule has 0 saturated carbocycles. The highest BCUT2D eigenvalue weighted by molar-refractivity contribution is 5.94. The van der Waals surface area contributed by atoms with Crippen molar-refractivity contribution in [2.45, 2.75) is 6.18 Å². The Morgan fingerprint density at radius 1 is 0.846 bits per heavy atom. The van der Waals surface area contributed by atoms with Crippen LogP contribution in [0.1, 0.15) is 15.9 Å². The Morgan fingerprint density at radius 3 is 1.88 bits per heavy atom. The van der Waals surface area contributed by atoms with Gasteiger partial charge in [0, 0.05) is 31.7 Å². The first-order valence-corrected chi connectivity index (χ1v) is 7.93. The van der Waals surface area contributed by atoms with Crippen LogP contribution < -0.4 is 4.90 Å². The third-order valence-electron chi connectivity index (χ3n) is 4.28. The van der Waals surface area contributed by atoms with Crippen LogP contribution in [0, 0.1) is 11.6 Å². The van der Waals surface area contributed by atoms with Gasteiger partial charge in [-0.3, -0.25) is 4.79 Å². The molecule has 2 aromatic rings. The van der Waals surface area contributed by atoms with Crippen molar-refractivity contribution in [1.82, 2.24) is 4.90 Å². The van der Waals surface area contributed by atoms with Gasteiger partial charge in [-0.15, -0.1) is 0 Å². The average molecular weight is 370 g/mol. The van der Waals surface area contributed by atoms with Crippen molar-refractivity contribution >= 4 is 11.6 Å². The monoisotopic (exact) mass is 370 g/mol. The third-order valence-corrected chi connectivity index (χ3v) is 4.28. The molecule has 0 unspecified atom stereocenters. The van der Waals surface area contributed by atoms with Crippen molar-refractivity contribution in [2.75, 3.05) is 31.1 Å². The second-order valence-corrected chi connectivity index (χ2v) is 5.92. The molecule has 0 N–H and O–H groups in total. The van der Waals surface area contributed by atoms with Crippen LogP contribution in [0.15, 0.2) is 42.5 Å². The largest absolute Gasteiger partial charge is 0.416 e. The van der Waals surface area contributed by atoms with E-state index in [1.807, 2.05) is 0 Å². The lowest BCUT2D eigenvalue weighted by atomic mass is 10.1. The van der Waals surface area contributed by atoms with Gasteiger partial charge in [-0.2, -0.15) is 13.2 Å². The summed E-state index contributed by atoms with van der Waals surface area (Å²) >= 11 is 0. The molecule has 1 fully saturated rings. The zero-order chi connectivity index (χ0) is 18.9. The fourth-order valence-electron chi connectivity index (χ4n) is 2.91. The molecule has 8 heteroatoms. The summed E-state index contributed by atoms with van der Waals surface area (Å²) in [6, 6.07) is 7.59. The minimum Gasteiger partial charge on any atom is -0.363 e. The number of piperazine rings is 1. The van der Waals surface area contributed by atoms with Gasteiger partial charge in [0.25, 0.3) is 5.91 Å². The Kier molecular flexibility index (Phi) is 4.84. The summed E-state index contributed by atoms with van der Waals surface area (Å²) in [7, 11) is 0. The van der Waals surface area contributed by atoms with Gasteiger partial charge >= 0.3 is 6.18 Å². The van der Waals surface area contributed by atoms with Crippen LogP contribution in [0.4, 0.5) is 27.6 Å². The number of rotatable bonds is 2. The summed E-state index contributed by atoms with van der Waals surface area (Å²) < 4.78 is 65.4. The highest BCUT2D eigenvalue weighted by Gasteiger charge is 2.31. The van der Waals surface area contributed by atoms with Crippen molar-refractivity contribution < 1.29 is 26.7 Å². The summed E-state index contributed by atoms with van der Waals surface area (Å²) in [5, 5.41) is 0. The fourth-order valence-corrected chi connectivity index (χ4v) is 2.91. The number of nitrogens with zero attached hydrogens (tertiary/aromatic N) is 2. The second kappa shape index (κ2) is 6.93. The maximum absolute atomic E-state index is 13.8. The summed E-state index contributed by atoms with van der Waals surface area (Å²) in [5.74, 6) is -1.76. The number of anilines is 1. The molecule has 2 aromatic carbocycles. The number of para-hydroxylation sites is 1. The zero-order valence-corrected chi connectivity index (χ0v) is 13.6. The zero-order valence-electron chi connectivity index (χ0n) is 13.6. The molecule has 0 bridgehead atoms. The fraction of sp³-hybridized carbons (Fsp3) is 0.278. The molecule has 0 spiro atoms. The number of halogens is 5. The highest BCUT2D eigenvalue weighted by atomic mass is 19.4. The lowest BCUT2D eigenvalue weighted by Gasteiger charge is -2.36. The van der Waals surface area contributed by atoms with E-state index in [4.69, 9.17) is 0 Å². The quantitative estimate of drug-likeness (QED) is 0.748. The van der Waals surface area contributed by atoms with Crippen LogP contribution in [-0.4, -0.2) is 37.0 Å². The molecule has 1 amide bonds. The molecule has 0 aliphatic carbocycles. The van der Waals surface area contributed by atoms with E-state index in [-0.39, 0.29) is 37.4 Å². The van der Waals surface area contributed by atoms with Crippen molar-refractivity contribution in [3.05, 3.63) is 65.2 Å². The minimum atomic E-state index is -4.46. The first-order valence-electron chi connectivity index (χ1n) is 7.93. The van der Waals surface area contributed by atoms with Crippen LogP contribution in [0.2, 0.25) is 0 Å². The molecular weight excluding hydrogens is 355 g/mol. The summed E-state index contributed by atoms with van der Waals surface area (Å²) in [5.41, 5.74) is -0.813. The molecule has 1 aliphatic rings. The molecule has 3 rings (SSSR count). The van der Waals surface area contributed by atoms with E-state index in [0.29, 0.717) is 0 Å². The lowest BCUT2D eigenvalue weighted by molar-refractivity contribution is -0.137. The smallest absolute Gasteiger partial charge is 0.363 e. The normalized spacial score (nSPS) is 15.3. The number of hydrogen-bond donors (Lipinski definition) is 0. The number of carbonyl (C=O) groups is 1. The van der Waals surface area contributed by atoms with E-state index < -0.39 is 29.3 Å². The van der Waals surface area contributed by atoms with Gasteiger partial charge in [-0.05, 0) is 36.4 Å². The Balaban J connectivity index is 1.67. The van der Waals surface area contributed by atoms with E-state index in [1.165, 1.54) is 15.9 Å². The van der Waals surface area contributed by atoms with Crippen LogP contribution >= 0.6 is 0 Å². The molecule has 138 valence electrons. The number of benzene rings is 2. The van der Waals surface area contributed by atoms with Crippen LogP contribution in [0.25, 0.3) is 0 Å². The molecule has 0 aromatic heterocycles. The predicted octanol–water partition coefficient (Wildman–Crippen LogP) is 3.95. The van der Waals surface area contributed by atoms with Crippen LogP contribution in [0.5, 0.6) is 0 Å². The first-order chi connectivity index (χ1) is 12.3. The third kappa shape index (κ3) is 3.63. The van der Waals surface area contributed by atoms with E-state index in [1.54, 1.807) is 0 Å². The van der Waals surface area contributed by atoms with Gasteiger partial charge in [0.2, 0.25) is 0 Å². The van der Waals surface area contributed by atoms with Crippen molar-refractivity contribution in [3.63, 3.8) is 0 Å². The lowest BCUT2D eigenvalue weighted by Crippen LogP contribution is -2.49. The molecule has 0 radical (unpaired) electrons. The summed E-state index contributed by atoms with van der Waals surface area (Å²) in [6.07, 6.45) is -4.46. The maximum Gasteiger partial charge on any atom is 0.416 e. The number of amides is 1. The first kappa shape index (κ1) is 18.2. The van der Waals surface area contributed by atoms with Gasteiger partial charge in [0.05, 0.1) is 5.56 Å². The molecule has 3 nitrogen and oxygen atoms in total. The SMILES string of the molecule is O=C(c1ccc(C(F)(F)F)cc1)N1CCN(c2c(F)cccc2F)CC1. The summed E-state index contributed by atoms with van der Waals surface area (Å²) in [4.78, 5) is 15.4. The predicted molar refractivity (Wildman–Crippen MR) is 85.9 cm³/mol. The van der Waals surface area contributed by atoms with Gasteiger partial charge in [0.15, 0.2) is 0 Å². The van der Waals surface area contributed by atoms with Gasteiger partial charge in [0.1, 0.15) is 17.3 Å². The van der Waals surface area contributed by atoms with Crippen LogP contribution in [-0.2, 0) is 6.18 Å². The van der Waals surface area contributed by atoms with Crippen molar-refractivity contribution in [2.24, 2.45) is 0 Å². The van der Waals surface area contributed by atoms with E-state index in [9.17, 15) is 26.7 Å². The second-order valence-electron chi connectivity index (χ2n) is 5.92. The Hall–Kier alpha value is -2.64. The molecule has 26 heavy (non-hydrogen) atoms. The Morgan fingerprint density at radius 2 is 1.38 bits per heavy atom. The van der Waals surface area contributed by atoms with Crippen molar-refractivity contribution in [1.29, 1.82) is 0 Å². The van der Waals surface area contributed by atoms with Crippen molar-refractivity contribution in [3.8, 4) is 0 Å². The van der Waals surface area contributed by atoms with Gasteiger partial charge in [-0.1, -0.05) is 6.07 Å². The van der Waals surface area contributed by atoms with Gasteiger partial charge in [-0.25, -0.2) is 8.78 Å². The Labute approximate surface area is 146 Å². The van der Waals surface area contributed by atoms with E-state index in [2.05, 4.69) is 0 Å². The maximum atomic E-state index is 13.8. The number of carbonyl (C=O) groups excluding carboxylic acids is 1. The molecule has 1 heterocycles. The highest BCUT2D eigenvalue weighted by Crippen LogP contribution is 2.29. The summed E-state index contributed by atoms with van der Waals surface area (Å²) in [6.45, 7) is 0.885. The number of hydrogen-bond acceptors (Lipinski definition) is 2.